The van der Waals surface area contributed by atoms with Crippen LogP contribution in [0.4, 0.5) is 11.5 Å². The number of benzene rings is 3. The molecule has 1 aliphatic rings. The van der Waals surface area contributed by atoms with Crippen LogP contribution in [0.3, 0.4) is 0 Å². The van der Waals surface area contributed by atoms with Crippen LogP contribution in [0.15, 0.2) is 68.6 Å². The van der Waals surface area contributed by atoms with E-state index >= 15 is 0 Å². The number of aliphatic hydroxyl groups excluding tert-OH is 1. The topological polar surface area (TPSA) is 126 Å². The maximum atomic E-state index is 11.0. The van der Waals surface area contributed by atoms with E-state index in [1.165, 1.54) is 6.21 Å². The van der Waals surface area contributed by atoms with Crippen molar-refractivity contribution < 1.29 is 29.0 Å². The summed E-state index contributed by atoms with van der Waals surface area (Å²) in [7, 11) is 0. The predicted molar refractivity (Wildman–Crippen MR) is 134 cm³/mol. The molecule has 3 N–H and O–H groups in total. The summed E-state index contributed by atoms with van der Waals surface area (Å²) < 4.78 is 17.7. The number of anilines is 2. The first-order valence-corrected chi connectivity index (χ1v) is 11.5. The summed E-state index contributed by atoms with van der Waals surface area (Å²) in [6.07, 6.45) is 1.39. The van der Waals surface area contributed by atoms with Crippen LogP contribution in [-0.2, 0) is 4.79 Å². The summed E-state index contributed by atoms with van der Waals surface area (Å²) in [6.45, 7) is 0.485. The Bertz CT molecular complexity index is 1430. The zero-order valence-electron chi connectivity index (χ0n) is 18.3. The van der Waals surface area contributed by atoms with Crippen molar-refractivity contribution in [3.8, 4) is 22.6 Å². The maximum absolute atomic E-state index is 11.0. The number of hydrogen-bond acceptors (Lipinski definition) is 8. The molecule has 0 aliphatic carbocycles. The van der Waals surface area contributed by atoms with Gasteiger partial charge in [-0.3, -0.25) is 4.99 Å². The fourth-order valence-corrected chi connectivity index (χ4v) is 4.27. The number of rotatable bonds is 7. The lowest BCUT2D eigenvalue weighted by Crippen LogP contribution is -2.22. The van der Waals surface area contributed by atoms with Gasteiger partial charge in [0.25, 0.3) is 0 Å². The molecule has 0 radical (unpaired) electrons. The highest BCUT2D eigenvalue weighted by Crippen LogP contribution is 2.40. The van der Waals surface area contributed by atoms with Gasteiger partial charge in [0, 0.05) is 10.7 Å². The molecule has 1 aliphatic heterocycles. The van der Waals surface area contributed by atoms with E-state index < -0.39 is 18.6 Å². The van der Waals surface area contributed by atoms with Gasteiger partial charge in [0.05, 0.1) is 17.7 Å². The Labute approximate surface area is 208 Å². The number of aliphatic imine (C=N–C) groups is 1. The predicted octanol–water partition coefficient (Wildman–Crippen LogP) is 4.64. The van der Waals surface area contributed by atoms with Gasteiger partial charge in [0.15, 0.2) is 28.9 Å². The van der Waals surface area contributed by atoms with Crippen molar-refractivity contribution >= 4 is 50.6 Å². The lowest BCUT2D eigenvalue weighted by atomic mass is 10.0. The van der Waals surface area contributed by atoms with Crippen molar-refractivity contribution in [3.05, 3.63) is 64.6 Å². The van der Waals surface area contributed by atoms with Gasteiger partial charge in [-0.2, -0.15) is 0 Å². The third kappa shape index (κ3) is 4.71. The van der Waals surface area contributed by atoms with Gasteiger partial charge in [-0.05, 0) is 63.0 Å². The first-order valence-electron chi connectivity index (χ1n) is 10.8. The Hall–Kier alpha value is -3.89. The first kappa shape index (κ1) is 22.9. The number of aromatic nitrogens is 1. The molecule has 3 aromatic carbocycles. The van der Waals surface area contributed by atoms with Gasteiger partial charge < -0.3 is 29.5 Å². The smallest absolute Gasteiger partial charge is 0.330 e. The zero-order valence-corrected chi connectivity index (χ0v) is 19.9. The molecule has 4 aromatic rings. The van der Waals surface area contributed by atoms with Gasteiger partial charge in [-0.25, -0.2) is 4.79 Å². The SMILES string of the molecule is O=C(O)[C@@H](CO)N=Cc1ccc2c(Nc3cccc(-c4ccc5c(c4)OCCO5)c3Br)noc2c1. The van der Waals surface area contributed by atoms with Gasteiger partial charge in [-0.1, -0.05) is 29.4 Å². The van der Waals surface area contributed by atoms with E-state index in [1.807, 2.05) is 42.5 Å². The summed E-state index contributed by atoms with van der Waals surface area (Å²) >= 11 is 3.71. The lowest BCUT2D eigenvalue weighted by Gasteiger charge is -2.19. The highest BCUT2D eigenvalue weighted by atomic mass is 79.9. The second kappa shape index (κ2) is 9.77. The molecule has 35 heavy (non-hydrogen) atoms. The minimum atomic E-state index is -1.21. The quantitative estimate of drug-likeness (QED) is 0.291. The number of fused-ring (bicyclic) bond motifs is 2. The number of nitrogens with zero attached hydrogens (tertiary/aromatic N) is 2. The number of nitrogens with one attached hydrogen (secondary N) is 1. The molecule has 2 heterocycles. The normalized spacial score (nSPS) is 13.8. The largest absolute Gasteiger partial charge is 0.486 e. The van der Waals surface area contributed by atoms with E-state index in [0.717, 1.165) is 38.2 Å². The van der Waals surface area contributed by atoms with Crippen LogP contribution in [-0.4, -0.2) is 53.4 Å². The summed E-state index contributed by atoms with van der Waals surface area (Å²) in [5, 5.41) is 26.3. The van der Waals surface area contributed by atoms with Crippen LogP contribution in [0, 0.1) is 0 Å². The molecule has 0 saturated carbocycles. The number of aliphatic carboxylic acids is 1. The molecule has 0 saturated heterocycles. The van der Waals surface area contributed by atoms with Gasteiger partial charge in [-0.15, -0.1) is 0 Å². The number of halogens is 1. The lowest BCUT2D eigenvalue weighted by molar-refractivity contribution is -0.139. The fourth-order valence-electron chi connectivity index (χ4n) is 3.68. The van der Waals surface area contributed by atoms with Crippen LogP contribution < -0.4 is 14.8 Å². The Kier molecular flexibility index (Phi) is 6.39. The van der Waals surface area contributed by atoms with Crippen molar-refractivity contribution in [2.75, 3.05) is 25.1 Å². The molecule has 178 valence electrons. The monoisotopic (exact) mass is 537 g/mol. The molecule has 1 aromatic heterocycles. The van der Waals surface area contributed by atoms with Gasteiger partial charge >= 0.3 is 5.97 Å². The van der Waals surface area contributed by atoms with Crippen LogP contribution >= 0.6 is 15.9 Å². The minimum absolute atomic E-state index is 0.506. The molecule has 1 atom stereocenters. The number of hydrogen-bond donors (Lipinski definition) is 3. The van der Waals surface area contributed by atoms with Crippen LogP contribution in [0.2, 0.25) is 0 Å². The Morgan fingerprint density at radius 2 is 1.97 bits per heavy atom. The highest BCUT2D eigenvalue weighted by molar-refractivity contribution is 9.10. The van der Waals surface area contributed by atoms with E-state index in [9.17, 15) is 4.79 Å². The molecule has 9 nitrogen and oxygen atoms in total. The van der Waals surface area contributed by atoms with Crippen molar-refractivity contribution in [2.45, 2.75) is 6.04 Å². The van der Waals surface area contributed by atoms with Crippen molar-refractivity contribution in [3.63, 3.8) is 0 Å². The fraction of sp³-hybridized carbons (Fsp3) is 0.160. The summed E-state index contributed by atoms with van der Waals surface area (Å²) in [5.74, 6) is 0.788. The average molecular weight is 538 g/mol. The zero-order chi connectivity index (χ0) is 24.4. The van der Waals surface area contributed by atoms with Crippen LogP contribution in [0.1, 0.15) is 5.56 Å². The van der Waals surface area contributed by atoms with E-state index in [1.54, 1.807) is 12.1 Å². The number of carbonyl (C=O) groups is 1. The molecular weight excluding hydrogens is 518 g/mol. The molecule has 0 amide bonds. The third-order valence-electron chi connectivity index (χ3n) is 5.46. The van der Waals surface area contributed by atoms with Crippen molar-refractivity contribution in [1.82, 2.24) is 5.16 Å². The first-order chi connectivity index (χ1) is 17.0. The van der Waals surface area contributed by atoms with Crippen LogP contribution in [0.5, 0.6) is 11.5 Å². The van der Waals surface area contributed by atoms with E-state index in [2.05, 4.69) is 31.4 Å². The average Bonchev–Trinajstić information content (AvgIpc) is 3.27. The molecule has 10 heteroatoms. The summed E-state index contributed by atoms with van der Waals surface area (Å²) in [5.41, 5.74) is 3.87. The molecule has 0 unspecified atom stereocenters. The number of ether oxygens (including phenoxy) is 2. The third-order valence-corrected chi connectivity index (χ3v) is 6.32. The van der Waals surface area contributed by atoms with Gasteiger partial charge in [0.2, 0.25) is 0 Å². The van der Waals surface area contributed by atoms with Gasteiger partial charge in [0.1, 0.15) is 13.2 Å². The Morgan fingerprint density at radius 1 is 1.14 bits per heavy atom. The number of carboxylic acids is 1. The van der Waals surface area contributed by atoms with Crippen molar-refractivity contribution in [2.24, 2.45) is 4.99 Å². The van der Waals surface area contributed by atoms with E-state index in [4.69, 9.17) is 24.2 Å². The van der Waals surface area contributed by atoms with Crippen molar-refractivity contribution in [1.29, 1.82) is 0 Å². The van der Waals surface area contributed by atoms with E-state index in [0.29, 0.717) is 30.2 Å². The Balaban J connectivity index is 1.40. The molecule has 0 fully saturated rings. The minimum Gasteiger partial charge on any atom is -0.486 e. The number of aliphatic hydroxyl groups is 1. The van der Waals surface area contributed by atoms with Crippen LogP contribution in [0.25, 0.3) is 22.1 Å². The molecule has 0 bridgehead atoms. The second-order valence-electron chi connectivity index (χ2n) is 7.75. The maximum Gasteiger partial charge on any atom is 0.330 e. The summed E-state index contributed by atoms with van der Waals surface area (Å²) in [4.78, 5) is 14.9. The molecular formula is C25H20BrN3O6. The number of carboxylic acid groups (broad SMARTS) is 1. The summed E-state index contributed by atoms with van der Waals surface area (Å²) in [6, 6.07) is 15.8. The van der Waals surface area contributed by atoms with E-state index in [-0.39, 0.29) is 0 Å². The second-order valence-corrected chi connectivity index (χ2v) is 8.55. The Morgan fingerprint density at radius 3 is 2.77 bits per heavy atom. The molecule has 0 spiro atoms. The molecule has 5 rings (SSSR count). The highest BCUT2D eigenvalue weighted by Gasteiger charge is 2.17. The standard InChI is InChI=1S/C25H20BrN3O6/c26-23-16(15-5-7-20-22(11-15)34-9-8-33-20)2-1-3-18(23)28-24-17-6-4-14(10-21(17)35-29-24)12-27-19(13-30)25(31)32/h1-7,10-12,19,30H,8-9,13H2,(H,28,29)(H,31,32)/t19-/m1/s1.